The number of aromatic nitrogens is 2. The minimum atomic E-state index is -3.57. The molecule has 0 radical (unpaired) electrons. The van der Waals surface area contributed by atoms with E-state index in [2.05, 4.69) is 14.7 Å². The van der Waals surface area contributed by atoms with E-state index in [1.807, 2.05) is 0 Å². The van der Waals surface area contributed by atoms with Crippen LogP contribution in [0.4, 0.5) is 0 Å². The van der Waals surface area contributed by atoms with Gasteiger partial charge in [0, 0.05) is 32.2 Å². The number of aryl methyl sites for hydroxylation is 2. The molecule has 1 aliphatic heterocycles. The van der Waals surface area contributed by atoms with Crippen LogP contribution in [0, 0.1) is 13.8 Å². The van der Waals surface area contributed by atoms with Crippen LogP contribution >= 0.6 is 0 Å². The molecule has 2 heterocycles. The Balaban J connectivity index is 1.80. The van der Waals surface area contributed by atoms with Crippen LogP contribution in [-0.4, -0.2) is 61.5 Å². The second-order valence-electron chi connectivity index (χ2n) is 7.33. The van der Waals surface area contributed by atoms with Gasteiger partial charge in [-0.3, -0.25) is 9.58 Å². The van der Waals surface area contributed by atoms with Crippen LogP contribution in [-0.2, 0) is 21.8 Å². The van der Waals surface area contributed by atoms with Gasteiger partial charge in [0.25, 0.3) is 0 Å². The molecular weight excluding hydrogens is 340 g/mol. The van der Waals surface area contributed by atoms with Crippen molar-refractivity contribution in [3.63, 3.8) is 0 Å². The predicted molar refractivity (Wildman–Crippen MR) is 96.1 cm³/mol. The van der Waals surface area contributed by atoms with Crippen LogP contribution in [0.25, 0.3) is 0 Å². The third kappa shape index (κ3) is 3.77. The number of hydrogen-bond donors (Lipinski definition) is 1. The second-order valence-corrected chi connectivity index (χ2v) is 9.04. The standard InChI is InChI=1S/C17H30N4O3S/c1-14-16(15(2)20(3)19-14)25(22,23)18-13-17(7-5-4-6-8-17)21-9-11-24-12-10-21/h18H,4-13H2,1-3H3. The third-order valence-corrected chi connectivity index (χ3v) is 7.42. The molecule has 1 saturated heterocycles. The minimum absolute atomic E-state index is 0.0842. The number of ether oxygens (including phenoxy) is 1. The normalized spacial score (nSPS) is 22.2. The second kappa shape index (κ2) is 7.34. The molecule has 8 heteroatoms. The molecule has 3 rings (SSSR count). The van der Waals surface area contributed by atoms with Crippen LogP contribution in [0.2, 0.25) is 0 Å². The fraction of sp³-hybridized carbons (Fsp3) is 0.824. The first kappa shape index (κ1) is 18.8. The Morgan fingerprint density at radius 2 is 1.80 bits per heavy atom. The number of nitrogens with one attached hydrogen (secondary N) is 1. The minimum Gasteiger partial charge on any atom is -0.379 e. The van der Waals surface area contributed by atoms with Crippen molar-refractivity contribution >= 4 is 10.0 Å². The maximum absolute atomic E-state index is 12.9. The van der Waals surface area contributed by atoms with Crippen molar-refractivity contribution in [2.45, 2.75) is 56.4 Å². The van der Waals surface area contributed by atoms with Gasteiger partial charge in [0.05, 0.1) is 24.6 Å². The summed E-state index contributed by atoms with van der Waals surface area (Å²) in [5, 5.41) is 4.25. The van der Waals surface area contributed by atoms with E-state index in [1.165, 1.54) is 6.42 Å². The summed E-state index contributed by atoms with van der Waals surface area (Å²) in [6, 6.07) is 0. The van der Waals surface area contributed by atoms with Gasteiger partial charge in [0.1, 0.15) is 4.90 Å². The Morgan fingerprint density at radius 3 is 2.36 bits per heavy atom. The monoisotopic (exact) mass is 370 g/mol. The van der Waals surface area contributed by atoms with Gasteiger partial charge in [0.15, 0.2) is 0 Å². The number of rotatable bonds is 5. The quantitative estimate of drug-likeness (QED) is 0.847. The Morgan fingerprint density at radius 1 is 1.16 bits per heavy atom. The number of hydrogen-bond acceptors (Lipinski definition) is 5. The highest BCUT2D eigenvalue weighted by molar-refractivity contribution is 7.89. The lowest BCUT2D eigenvalue weighted by Crippen LogP contribution is -2.59. The van der Waals surface area contributed by atoms with Gasteiger partial charge in [-0.05, 0) is 26.7 Å². The van der Waals surface area contributed by atoms with E-state index in [1.54, 1.807) is 25.6 Å². The van der Waals surface area contributed by atoms with Gasteiger partial charge in [-0.2, -0.15) is 5.10 Å². The molecular formula is C17H30N4O3S. The number of morpholine rings is 1. The van der Waals surface area contributed by atoms with Gasteiger partial charge in [-0.1, -0.05) is 19.3 Å². The number of sulfonamides is 1. The fourth-order valence-electron chi connectivity index (χ4n) is 4.30. The summed E-state index contributed by atoms with van der Waals surface area (Å²) in [6.45, 7) is 7.24. The van der Waals surface area contributed by atoms with Crippen LogP contribution in [0.3, 0.4) is 0 Å². The number of nitrogens with zero attached hydrogens (tertiary/aromatic N) is 3. The van der Waals surface area contributed by atoms with Crippen LogP contribution < -0.4 is 4.72 Å². The van der Waals surface area contributed by atoms with Gasteiger partial charge in [-0.15, -0.1) is 0 Å². The SMILES string of the molecule is Cc1nn(C)c(C)c1S(=O)(=O)NCC1(N2CCOCC2)CCCCC1. The molecule has 25 heavy (non-hydrogen) atoms. The molecule has 7 nitrogen and oxygen atoms in total. The fourth-order valence-corrected chi connectivity index (χ4v) is 5.85. The molecule has 142 valence electrons. The maximum atomic E-state index is 12.9. The lowest BCUT2D eigenvalue weighted by atomic mass is 9.80. The Labute approximate surface area is 150 Å². The lowest BCUT2D eigenvalue weighted by Gasteiger charge is -2.48. The van der Waals surface area contributed by atoms with Crippen molar-refractivity contribution in [2.24, 2.45) is 7.05 Å². The zero-order chi connectivity index (χ0) is 18.1. The maximum Gasteiger partial charge on any atom is 0.244 e. The molecule has 2 aliphatic rings. The van der Waals surface area contributed by atoms with Crippen molar-refractivity contribution in [2.75, 3.05) is 32.8 Å². The summed E-state index contributed by atoms with van der Waals surface area (Å²) in [6.07, 6.45) is 5.63. The first-order valence-corrected chi connectivity index (χ1v) is 10.7. The highest BCUT2D eigenvalue weighted by atomic mass is 32.2. The van der Waals surface area contributed by atoms with Gasteiger partial charge >= 0.3 is 0 Å². The summed E-state index contributed by atoms with van der Waals surface area (Å²) >= 11 is 0. The summed E-state index contributed by atoms with van der Waals surface area (Å²) in [5.41, 5.74) is 1.14. The van der Waals surface area contributed by atoms with Crippen molar-refractivity contribution in [1.82, 2.24) is 19.4 Å². The van der Waals surface area contributed by atoms with E-state index in [9.17, 15) is 8.42 Å². The average molecular weight is 371 g/mol. The van der Waals surface area contributed by atoms with E-state index in [4.69, 9.17) is 4.74 Å². The van der Waals surface area contributed by atoms with Gasteiger partial charge in [-0.25, -0.2) is 13.1 Å². The summed E-state index contributed by atoms with van der Waals surface area (Å²) in [5.74, 6) is 0. The van der Waals surface area contributed by atoms with Crippen molar-refractivity contribution in [3.8, 4) is 0 Å². The highest BCUT2D eigenvalue weighted by Crippen LogP contribution is 2.34. The smallest absolute Gasteiger partial charge is 0.244 e. The zero-order valence-electron chi connectivity index (χ0n) is 15.5. The average Bonchev–Trinajstić information content (AvgIpc) is 2.87. The summed E-state index contributed by atoms with van der Waals surface area (Å²) < 4.78 is 35.9. The summed E-state index contributed by atoms with van der Waals surface area (Å²) in [7, 11) is -1.79. The zero-order valence-corrected chi connectivity index (χ0v) is 16.4. The van der Waals surface area contributed by atoms with Crippen molar-refractivity contribution < 1.29 is 13.2 Å². The van der Waals surface area contributed by atoms with Crippen LogP contribution in [0.1, 0.15) is 43.5 Å². The molecule has 0 amide bonds. The molecule has 2 fully saturated rings. The Hall–Kier alpha value is -0.960. The molecule has 1 aromatic heterocycles. The van der Waals surface area contributed by atoms with E-state index in [0.717, 1.165) is 52.0 Å². The summed E-state index contributed by atoms with van der Waals surface area (Å²) in [4.78, 5) is 2.77. The van der Waals surface area contributed by atoms with Crippen LogP contribution in [0.5, 0.6) is 0 Å². The molecule has 1 aliphatic carbocycles. The molecule has 0 atom stereocenters. The molecule has 0 unspecified atom stereocenters. The van der Waals surface area contributed by atoms with E-state index < -0.39 is 10.0 Å². The Bertz CT molecular complexity index is 702. The van der Waals surface area contributed by atoms with E-state index in [0.29, 0.717) is 22.8 Å². The van der Waals surface area contributed by atoms with E-state index in [-0.39, 0.29) is 5.54 Å². The molecule has 0 aromatic carbocycles. The topological polar surface area (TPSA) is 76.5 Å². The lowest BCUT2D eigenvalue weighted by molar-refractivity contribution is -0.0348. The first-order chi connectivity index (χ1) is 11.9. The Kier molecular flexibility index (Phi) is 5.53. The van der Waals surface area contributed by atoms with Gasteiger partial charge < -0.3 is 4.74 Å². The predicted octanol–water partition coefficient (Wildman–Crippen LogP) is 1.35. The van der Waals surface area contributed by atoms with Crippen molar-refractivity contribution in [3.05, 3.63) is 11.4 Å². The van der Waals surface area contributed by atoms with E-state index >= 15 is 0 Å². The largest absolute Gasteiger partial charge is 0.379 e. The third-order valence-electron chi connectivity index (χ3n) is 5.77. The molecule has 0 bridgehead atoms. The highest BCUT2D eigenvalue weighted by Gasteiger charge is 2.40. The molecule has 1 aromatic rings. The van der Waals surface area contributed by atoms with Gasteiger partial charge in [0.2, 0.25) is 10.0 Å². The molecule has 0 spiro atoms. The first-order valence-electron chi connectivity index (χ1n) is 9.18. The molecule has 1 N–H and O–H groups in total. The van der Waals surface area contributed by atoms with Crippen LogP contribution in [0.15, 0.2) is 4.90 Å². The molecule has 1 saturated carbocycles. The van der Waals surface area contributed by atoms with Crippen molar-refractivity contribution in [1.29, 1.82) is 0 Å².